The van der Waals surface area contributed by atoms with Crippen molar-refractivity contribution in [2.75, 3.05) is 0 Å². The van der Waals surface area contributed by atoms with Gasteiger partial charge in [-0.25, -0.2) is 0 Å². The fraction of sp³-hybridized carbons (Fsp3) is 1.00. The molecule has 0 aliphatic heterocycles. The molecule has 136 valence electrons. The third-order valence-corrected chi connectivity index (χ3v) is 7.08. The van der Waals surface area contributed by atoms with E-state index in [0.717, 1.165) is 17.3 Å². The molecule has 2 unspecified atom stereocenters. The maximum Gasteiger partial charge on any atom is -0.0292 e. The molecule has 2 rings (SSSR count). The summed E-state index contributed by atoms with van der Waals surface area (Å²) in [6.07, 6.45) is 27.2. The molecule has 0 aromatic rings. The van der Waals surface area contributed by atoms with E-state index in [9.17, 15) is 0 Å². The van der Waals surface area contributed by atoms with Crippen molar-refractivity contribution in [3.63, 3.8) is 0 Å². The lowest BCUT2D eigenvalue weighted by atomic mass is 9.67. The molecule has 2 fully saturated rings. The van der Waals surface area contributed by atoms with Crippen LogP contribution in [0.5, 0.6) is 0 Å². The smallest absolute Gasteiger partial charge is 0.0292 e. The zero-order chi connectivity index (χ0) is 16.4. The van der Waals surface area contributed by atoms with Crippen LogP contribution < -0.4 is 0 Å². The molecule has 2 saturated carbocycles. The van der Waals surface area contributed by atoms with Gasteiger partial charge in [-0.1, -0.05) is 104 Å². The van der Waals surface area contributed by atoms with Crippen molar-refractivity contribution >= 4 is 0 Å². The van der Waals surface area contributed by atoms with Crippen molar-refractivity contribution in [3.8, 4) is 0 Å². The van der Waals surface area contributed by atoms with Gasteiger partial charge in [0, 0.05) is 0 Å². The Balaban J connectivity index is 1.62. The Bertz CT molecular complexity index is 288. The van der Waals surface area contributed by atoms with Crippen molar-refractivity contribution in [2.24, 2.45) is 17.3 Å². The summed E-state index contributed by atoms with van der Waals surface area (Å²) in [7, 11) is 0. The topological polar surface area (TPSA) is 0 Å². The Kier molecular flexibility index (Phi) is 9.06. The third kappa shape index (κ3) is 6.43. The van der Waals surface area contributed by atoms with Crippen LogP contribution in [0.15, 0.2) is 0 Å². The number of hydrogen-bond donors (Lipinski definition) is 0. The molecule has 2 aliphatic rings. The molecule has 23 heavy (non-hydrogen) atoms. The van der Waals surface area contributed by atoms with Crippen LogP contribution in [0.1, 0.15) is 129 Å². The number of hydrogen-bond acceptors (Lipinski definition) is 0. The zero-order valence-corrected chi connectivity index (χ0v) is 16.4. The molecule has 0 heteroatoms. The Morgan fingerprint density at radius 2 is 1.04 bits per heavy atom. The summed E-state index contributed by atoms with van der Waals surface area (Å²) < 4.78 is 0. The molecule has 0 bridgehead atoms. The Morgan fingerprint density at radius 3 is 1.48 bits per heavy atom. The average molecular weight is 321 g/mol. The van der Waals surface area contributed by atoms with Gasteiger partial charge in [0.05, 0.1) is 0 Å². The molecule has 0 heterocycles. The molecule has 0 saturated heterocycles. The minimum atomic E-state index is 0.848. The summed E-state index contributed by atoms with van der Waals surface area (Å²) in [5.74, 6) is 2.21. The van der Waals surface area contributed by atoms with Crippen molar-refractivity contribution < 1.29 is 0 Å². The van der Waals surface area contributed by atoms with Gasteiger partial charge in [0.2, 0.25) is 0 Å². The van der Waals surface area contributed by atoms with Gasteiger partial charge >= 0.3 is 0 Å². The Labute approximate surface area is 147 Å². The molecular weight excluding hydrogens is 276 g/mol. The lowest BCUT2D eigenvalue weighted by Crippen LogP contribution is -2.26. The Hall–Kier alpha value is 0. The van der Waals surface area contributed by atoms with Crippen LogP contribution in [0.4, 0.5) is 0 Å². The standard InChI is InChI=1S/C23H44/c1-3-5-7-9-10-11-13-16-22-20-23(17-14-18-23)19-21(22)15-12-8-6-4-2/h21-22H,3-20H2,1-2H3. The van der Waals surface area contributed by atoms with E-state index in [0.29, 0.717) is 0 Å². The second kappa shape index (κ2) is 10.8. The van der Waals surface area contributed by atoms with E-state index in [1.807, 2.05) is 0 Å². The SMILES string of the molecule is CCCCCCCCCC1CC2(CCC2)CC1CCCCCC. The van der Waals surface area contributed by atoms with E-state index in [4.69, 9.17) is 0 Å². The molecular formula is C23H44. The van der Waals surface area contributed by atoms with Gasteiger partial charge in [0.25, 0.3) is 0 Å². The van der Waals surface area contributed by atoms with Crippen LogP contribution in [-0.2, 0) is 0 Å². The fourth-order valence-electron chi connectivity index (χ4n) is 5.49. The Morgan fingerprint density at radius 1 is 0.609 bits per heavy atom. The highest BCUT2D eigenvalue weighted by Crippen LogP contribution is 2.59. The lowest BCUT2D eigenvalue weighted by Gasteiger charge is -2.39. The minimum Gasteiger partial charge on any atom is -0.0654 e. The summed E-state index contributed by atoms with van der Waals surface area (Å²) in [4.78, 5) is 0. The molecule has 0 N–H and O–H groups in total. The molecule has 2 aliphatic carbocycles. The normalized spacial score (nSPS) is 25.8. The minimum absolute atomic E-state index is 0.848. The first-order valence-electron chi connectivity index (χ1n) is 11.3. The monoisotopic (exact) mass is 320 g/mol. The summed E-state index contributed by atoms with van der Waals surface area (Å²) >= 11 is 0. The van der Waals surface area contributed by atoms with Crippen molar-refractivity contribution in [1.29, 1.82) is 0 Å². The van der Waals surface area contributed by atoms with Crippen molar-refractivity contribution in [1.82, 2.24) is 0 Å². The molecule has 0 nitrogen and oxygen atoms in total. The molecule has 0 aromatic heterocycles. The molecule has 0 radical (unpaired) electrons. The number of unbranched alkanes of at least 4 members (excludes halogenated alkanes) is 9. The van der Waals surface area contributed by atoms with Gasteiger partial charge < -0.3 is 0 Å². The highest BCUT2D eigenvalue weighted by atomic mass is 14.5. The van der Waals surface area contributed by atoms with Crippen LogP contribution in [0.25, 0.3) is 0 Å². The van der Waals surface area contributed by atoms with E-state index in [1.165, 1.54) is 77.0 Å². The number of rotatable bonds is 13. The van der Waals surface area contributed by atoms with E-state index < -0.39 is 0 Å². The van der Waals surface area contributed by atoms with Crippen molar-refractivity contribution in [3.05, 3.63) is 0 Å². The second-order valence-corrected chi connectivity index (χ2v) is 9.04. The van der Waals surface area contributed by atoms with Gasteiger partial charge in [-0.15, -0.1) is 0 Å². The molecule has 1 spiro atoms. The zero-order valence-electron chi connectivity index (χ0n) is 16.4. The molecule has 0 aromatic carbocycles. The van der Waals surface area contributed by atoms with Gasteiger partial charge in [-0.2, -0.15) is 0 Å². The van der Waals surface area contributed by atoms with Crippen LogP contribution in [0, 0.1) is 17.3 Å². The van der Waals surface area contributed by atoms with Crippen LogP contribution >= 0.6 is 0 Å². The first-order chi connectivity index (χ1) is 11.3. The quantitative estimate of drug-likeness (QED) is 0.299. The van der Waals surface area contributed by atoms with Gasteiger partial charge in [0.1, 0.15) is 0 Å². The van der Waals surface area contributed by atoms with Crippen molar-refractivity contribution in [2.45, 2.75) is 129 Å². The maximum absolute atomic E-state index is 2.34. The maximum atomic E-state index is 2.34. The second-order valence-electron chi connectivity index (χ2n) is 9.04. The van der Waals surface area contributed by atoms with Gasteiger partial charge in [0.15, 0.2) is 0 Å². The van der Waals surface area contributed by atoms with E-state index in [2.05, 4.69) is 13.8 Å². The van der Waals surface area contributed by atoms with Crippen LogP contribution in [-0.4, -0.2) is 0 Å². The summed E-state index contributed by atoms with van der Waals surface area (Å²) in [5, 5.41) is 0. The highest BCUT2D eigenvalue weighted by molar-refractivity contribution is 4.98. The third-order valence-electron chi connectivity index (χ3n) is 7.08. The summed E-state index contributed by atoms with van der Waals surface area (Å²) in [5.41, 5.74) is 0.848. The van der Waals surface area contributed by atoms with Gasteiger partial charge in [-0.05, 0) is 42.9 Å². The average Bonchev–Trinajstić information content (AvgIpc) is 2.90. The van der Waals surface area contributed by atoms with E-state index >= 15 is 0 Å². The van der Waals surface area contributed by atoms with Crippen LogP contribution in [0.2, 0.25) is 0 Å². The first kappa shape index (κ1) is 19.3. The molecule has 2 atom stereocenters. The molecule has 0 amide bonds. The van der Waals surface area contributed by atoms with E-state index in [-0.39, 0.29) is 0 Å². The predicted octanol–water partition coefficient (Wildman–Crippen LogP) is 8.29. The summed E-state index contributed by atoms with van der Waals surface area (Å²) in [6, 6.07) is 0. The van der Waals surface area contributed by atoms with Gasteiger partial charge in [-0.3, -0.25) is 0 Å². The summed E-state index contributed by atoms with van der Waals surface area (Å²) in [6.45, 7) is 4.65. The fourth-order valence-corrected chi connectivity index (χ4v) is 5.49. The first-order valence-corrected chi connectivity index (χ1v) is 11.3. The predicted molar refractivity (Wildman–Crippen MR) is 104 cm³/mol. The lowest BCUT2D eigenvalue weighted by molar-refractivity contribution is 0.132. The van der Waals surface area contributed by atoms with Crippen LogP contribution in [0.3, 0.4) is 0 Å². The highest BCUT2D eigenvalue weighted by Gasteiger charge is 2.47. The van der Waals surface area contributed by atoms with E-state index in [1.54, 1.807) is 38.5 Å². The largest absolute Gasteiger partial charge is 0.0654 e.